The number of hydrogen-bond donors (Lipinski definition) is 2. The molecule has 0 aliphatic heterocycles. The van der Waals surface area contributed by atoms with Crippen LogP contribution in [0.2, 0.25) is 5.02 Å². The van der Waals surface area contributed by atoms with Gasteiger partial charge in [-0.3, -0.25) is 0 Å². The second-order valence-corrected chi connectivity index (χ2v) is 6.15. The average molecular weight is 349 g/mol. The molecule has 3 nitrogen and oxygen atoms in total. The largest absolute Gasteiger partial charge is 0.360 e. The van der Waals surface area contributed by atoms with Crippen LogP contribution in [0.3, 0.4) is 0 Å². The van der Waals surface area contributed by atoms with Crippen molar-refractivity contribution >= 4 is 50.7 Å². The van der Waals surface area contributed by atoms with Crippen LogP contribution in [0.25, 0.3) is 0 Å². The quantitative estimate of drug-likeness (QED) is 0.788. The zero-order valence-corrected chi connectivity index (χ0v) is 13.0. The van der Waals surface area contributed by atoms with Crippen LogP contribution < -0.4 is 10.6 Å². The maximum Gasteiger partial charge on any atom is 0.172 e. The number of nitrogens with one attached hydrogen (secondary N) is 2. The Hall–Kier alpha value is -0.390. The molecule has 1 aliphatic rings. The molecule has 0 saturated heterocycles. The van der Waals surface area contributed by atoms with E-state index < -0.39 is 0 Å². The summed E-state index contributed by atoms with van der Waals surface area (Å²) in [4.78, 5) is 4.19. The summed E-state index contributed by atoms with van der Waals surface area (Å²) < 4.78 is 0.851. The van der Waals surface area contributed by atoms with Gasteiger partial charge in [-0.1, -0.05) is 30.9 Å². The molecule has 0 amide bonds. The van der Waals surface area contributed by atoms with E-state index in [1.165, 1.54) is 32.1 Å². The summed E-state index contributed by atoms with van der Waals surface area (Å²) in [6, 6.07) is 2.27. The molecule has 98 valence electrons. The van der Waals surface area contributed by atoms with Crippen LogP contribution in [0.1, 0.15) is 32.1 Å². The normalized spacial score (nSPS) is 16.3. The van der Waals surface area contributed by atoms with Gasteiger partial charge in [0.2, 0.25) is 0 Å². The fourth-order valence-electron chi connectivity index (χ4n) is 2.08. The number of aromatic nitrogens is 1. The highest BCUT2D eigenvalue weighted by molar-refractivity contribution is 9.10. The fraction of sp³-hybridized carbons (Fsp3) is 0.500. The Labute approximate surface area is 126 Å². The average Bonchev–Trinajstić information content (AvgIpc) is 2.34. The van der Waals surface area contributed by atoms with Crippen LogP contribution in [0.4, 0.5) is 5.82 Å². The van der Waals surface area contributed by atoms with Gasteiger partial charge in [-0.15, -0.1) is 0 Å². The third-order valence-electron chi connectivity index (χ3n) is 2.98. The predicted octanol–water partition coefficient (Wildman–Crippen LogP) is 4.12. The first kappa shape index (κ1) is 14.0. The zero-order chi connectivity index (χ0) is 13.0. The summed E-state index contributed by atoms with van der Waals surface area (Å²) >= 11 is 14.7. The lowest BCUT2D eigenvalue weighted by atomic mass is 9.96. The van der Waals surface area contributed by atoms with Crippen LogP contribution in [0.5, 0.6) is 0 Å². The monoisotopic (exact) mass is 347 g/mol. The van der Waals surface area contributed by atoms with Gasteiger partial charge in [0.15, 0.2) is 10.9 Å². The van der Waals surface area contributed by atoms with E-state index in [0.29, 0.717) is 22.0 Å². The number of anilines is 1. The molecule has 18 heavy (non-hydrogen) atoms. The second-order valence-electron chi connectivity index (χ2n) is 4.42. The van der Waals surface area contributed by atoms with Gasteiger partial charge in [0, 0.05) is 16.7 Å². The Morgan fingerprint density at radius 1 is 1.39 bits per heavy atom. The van der Waals surface area contributed by atoms with E-state index in [1.54, 1.807) is 12.3 Å². The zero-order valence-electron chi connectivity index (χ0n) is 9.88. The number of thiocarbonyl (C=S) groups is 1. The Bertz CT molecular complexity index is 435. The van der Waals surface area contributed by atoms with Crippen molar-refractivity contribution < 1.29 is 0 Å². The predicted molar refractivity (Wildman–Crippen MR) is 83.2 cm³/mol. The standard InChI is InChI=1S/C12H15BrClN3S/c13-8-6-10(14)11(15-7-8)17-12(18)16-9-4-2-1-3-5-9/h6-7,9H,1-5H2,(H2,15,16,17,18). The Balaban J connectivity index is 1.90. The molecule has 0 spiro atoms. The van der Waals surface area contributed by atoms with Crippen molar-refractivity contribution in [2.24, 2.45) is 0 Å². The van der Waals surface area contributed by atoms with Gasteiger partial charge in [-0.2, -0.15) is 0 Å². The molecule has 1 heterocycles. The van der Waals surface area contributed by atoms with E-state index >= 15 is 0 Å². The van der Waals surface area contributed by atoms with Crippen molar-refractivity contribution in [3.05, 3.63) is 21.8 Å². The van der Waals surface area contributed by atoms with Gasteiger partial charge in [0.05, 0.1) is 5.02 Å². The summed E-state index contributed by atoms with van der Waals surface area (Å²) in [6.45, 7) is 0. The Kier molecular flexibility index (Phi) is 5.21. The van der Waals surface area contributed by atoms with E-state index in [4.69, 9.17) is 23.8 Å². The second kappa shape index (κ2) is 6.68. The minimum Gasteiger partial charge on any atom is -0.360 e. The Morgan fingerprint density at radius 2 is 2.11 bits per heavy atom. The summed E-state index contributed by atoms with van der Waals surface area (Å²) in [6.07, 6.45) is 7.94. The molecular weight excluding hydrogens is 334 g/mol. The first-order chi connectivity index (χ1) is 8.65. The van der Waals surface area contributed by atoms with Crippen LogP contribution in [0.15, 0.2) is 16.7 Å². The molecule has 2 rings (SSSR count). The fourth-order valence-corrected chi connectivity index (χ4v) is 3.02. The van der Waals surface area contributed by atoms with Crippen LogP contribution in [-0.4, -0.2) is 16.1 Å². The van der Waals surface area contributed by atoms with Gasteiger partial charge in [0.1, 0.15) is 0 Å². The SMILES string of the molecule is S=C(Nc1ncc(Br)cc1Cl)NC1CCCCC1. The molecule has 0 radical (unpaired) electrons. The van der Waals surface area contributed by atoms with E-state index in [9.17, 15) is 0 Å². The summed E-state index contributed by atoms with van der Waals surface area (Å²) in [5.41, 5.74) is 0. The van der Waals surface area contributed by atoms with Crippen molar-refractivity contribution in [2.75, 3.05) is 5.32 Å². The molecule has 0 aromatic carbocycles. The topological polar surface area (TPSA) is 37.0 Å². The molecule has 2 N–H and O–H groups in total. The van der Waals surface area contributed by atoms with Gasteiger partial charge in [0.25, 0.3) is 0 Å². The molecule has 1 saturated carbocycles. The smallest absolute Gasteiger partial charge is 0.172 e. The van der Waals surface area contributed by atoms with Crippen molar-refractivity contribution in [2.45, 2.75) is 38.1 Å². The maximum absolute atomic E-state index is 6.07. The van der Waals surface area contributed by atoms with Crippen LogP contribution in [-0.2, 0) is 0 Å². The molecule has 1 aliphatic carbocycles. The molecular formula is C12H15BrClN3S. The van der Waals surface area contributed by atoms with Gasteiger partial charge in [-0.05, 0) is 47.1 Å². The lowest BCUT2D eigenvalue weighted by Gasteiger charge is -2.24. The van der Waals surface area contributed by atoms with Crippen LogP contribution in [0, 0.1) is 0 Å². The lowest BCUT2D eigenvalue weighted by molar-refractivity contribution is 0.415. The molecule has 1 aromatic rings. The van der Waals surface area contributed by atoms with Crippen molar-refractivity contribution in [1.82, 2.24) is 10.3 Å². The minimum absolute atomic E-state index is 0.480. The molecule has 6 heteroatoms. The van der Waals surface area contributed by atoms with Gasteiger partial charge >= 0.3 is 0 Å². The molecule has 1 aromatic heterocycles. The van der Waals surface area contributed by atoms with Crippen molar-refractivity contribution in [1.29, 1.82) is 0 Å². The van der Waals surface area contributed by atoms with E-state index in [0.717, 1.165) is 4.47 Å². The first-order valence-electron chi connectivity index (χ1n) is 6.04. The number of rotatable bonds is 2. The van der Waals surface area contributed by atoms with Gasteiger partial charge in [-0.25, -0.2) is 4.98 Å². The minimum atomic E-state index is 0.480. The molecule has 0 atom stereocenters. The number of hydrogen-bond acceptors (Lipinski definition) is 2. The third kappa shape index (κ3) is 4.07. The highest BCUT2D eigenvalue weighted by Gasteiger charge is 2.14. The van der Waals surface area contributed by atoms with Crippen LogP contribution >= 0.6 is 39.7 Å². The van der Waals surface area contributed by atoms with Crippen molar-refractivity contribution in [3.8, 4) is 0 Å². The first-order valence-corrected chi connectivity index (χ1v) is 7.61. The number of halogens is 2. The van der Waals surface area contributed by atoms with Crippen molar-refractivity contribution in [3.63, 3.8) is 0 Å². The third-order valence-corrected chi connectivity index (χ3v) is 3.92. The highest BCUT2D eigenvalue weighted by atomic mass is 79.9. The number of nitrogens with zero attached hydrogens (tertiary/aromatic N) is 1. The van der Waals surface area contributed by atoms with Gasteiger partial charge < -0.3 is 10.6 Å². The number of pyridine rings is 1. The highest BCUT2D eigenvalue weighted by Crippen LogP contribution is 2.23. The van der Waals surface area contributed by atoms with E-state index in [-0.39, 0.29) is 0 Å². The van der Waals surface area contributed by atoms with E-state index in [1.807, 2.05) is 0 Å². The molecule has 1 fully saturated rings. The maximum atomic E-state index is 6.07. The molecule has 0 unspecified atom stereocenters. The van der Waals surface area contributed by atoms with E-state index in [2.05, 4.69) is 31.5 Å². The lowest BCUT2D eigenvalue weighted by Crippen LogP contribution is -2.39. The summed E-state index contributed by atoms with van der Waals surface area (Å²) in [5.74, 6) is 0.591. The Morgan fingerprint density at radius 3 is 2.78 bits per heavy atom. The summed E-state index contributed by atoms with van der Waals surface area (Å²) in [7, 11) is 0. The molecule has 0 bridgehead atoms. The summed E-state index contributed by atoms with van der Waals surface area (Å²) in [5, 5.41) is 7.51.